The Kier molecular flexibility index (Phi) is 9.11. The first-order chi connectivity index (χ1) is 14.3. The Morgan fingerprint density at radius 2 is 1.07 bits per heavy atom. The summed E-state index contributed by atoms with van der Waals surface area (Å²) >= 11 is 0. The van der Waals surface area contributed by atoms with Crippen LogP contribution in [0.15, 0.2) is 48.5 Å². The normalized spacial score (nSPS) is 12.5. The number of aliphatic hydroxyl groups is 2. The van der Waals surface area contributed by atoms with Crippen LogP contribution in [0, 0.1) is 13.8 Å². The zero-order valence-electron chi connectivity index (χ0n) is 17.1. The number of ether oxygens (including phenoxy) is 2. The van der Waals surface area contributed by atoms with Gasteiger partial charge in [0.25, 0.3) is 0 Å². The van der Waals surface area contributed by atoms with Gasteiger partial charge in [-0.25, -0.2) is 9.59 Å². The molecular formula is C22H28N2O6. The number of benzene rings is 2. The minimum atomic E-state index is -1.39. The van der Waals surface area contributed by atoms with Crippen LogP contribution >= 0.6 is 0 Å². The third-order valence-electron chi connectivity index (χ3n) is 4.33. The van der Waals surface area contributed by atoms with Crippen molar-refractivity contribution in [2.24, 2.45) is 0 Å². The fourth-order valence-corrected chi connectivity index (χ4v) is 2.41. The van der Waals surface area contributed by atoms with Gasteiger partial charge in [0.05, 0.1) is 0 Å². The Bertz CT molecular complexity index is 738. The third kappa shape index (κ3) is 8.50. The van der Waals surface area contributed by atoms with Crippen LogP contribution in [0.3, 0.4) is 0 Å². The van der Waals surface area contributed by atoms with Crippen LogP contribution < -0.4 is 10.6 Å². The number of aryl methyl sites for hydroxylation is 2. The van der Waals surface area contributed by atoms with Gasteiger partial charge < -0.3 is 30.3 Å². The van der Waals surface area contributed by atoms with Gasteiger partial charge in [0.15, 0.2) is 0 Å². The van der Waals surface area contributed by atoms with Crippen LogP contribution in [0.1, 0.15) is 22.3 Å². The molecule has 2 unspecified atom stereocenters. The Balaban J connectivity index is 1.60. The van der Waals surface area contributed by atoms with Crippen molar-refractivity contribution in [1.29, 1.82) is 0 Å². The molecule has 2 aromatic rings. The molecular weight excluding hydrogens is 388 g/mol. The molecule has 0 heterocycles. The zero-order chi connectivity index (χ0) is 21.9. The number of carbonyl (C=O) groups excluding carboxylic acids is 2. The first-order valence-electron chi connectivity index (χ1n) is 9.62. The van der Waals surface area contributed by atoms with Crippen molar-refractivity contribution in [3.8, 4) is 0 Å². The minimum Gasteiger partial charge on any atom is -0.447 e. The van der Waals surface area contributed by atoms with Gasteiger partial charge in [-0.05, 0) is 25.0 Å². The predicted octanol–water partition coefficient (Wildman–Crippen LogP) is 2.18. The molecule has 8 heteroatoms. The molecule has 0 aliphatic carbocycles. The smallest absolute Gasteiger partial charge is 0.407 e. The average molecular weight is 416 g/mol. The predicted molar refractivity (Wildman–Crippen MR) is 111 cm³/mol. The second-order valence-electron chi connectivity index (χ2n) is 7.01. The van der Waals surface area contributed by atoms with E-state index in [0.29, 0.717) is 0 Å². The highest BCUT2D eigenvalue weighted by molar-refractivity contribution is 5.67. The summed E-state index contributed by atoms with van der Waals surface area (Å²) in [7, 11) is 0. The lowest BCUT2D eigenvalue weighted by Gasteiger charge is -2.18. The number of hydrogen-bond donors (Lipinski definition) is 4. The molecule has 0 aliphatic heterocycles. The lowest BCUT2D eigenvalue weighted by Crippen LogP contribution is -2.38. The summed E-state index contributed by atoms with van der Waals surface area (Å²) in [6.07, 6.45) is -4.22. The molecule has 0 spiro atoms. The number of aliphatic hydroxyl groups excluding tert-OH is 2. The van der Waals surface area contributed by atoms with Crippen molar-refractivity contribution in [2.45, 2.75) is 39.1 Å². The molecule has 4 N–H and O–H groups in total. The quantitative estimate of drug-likeness (QED) is 0.498. The molecule has 0 radical (unpaired) electrons. The number of amides is 2. The molecule has 2 amide bonds. The van der Waals surface area contributed by atoms with E-state index in [-0.39, 0.29) is 13.1 Å². The van der Waals surface area contributed by atoms with Crippen molar-refractivity contribution in [1.82, 2.24) is 10.6 Å². The van der Waals surface area contributed by atoms with Crippen molar-refractivity contribution in [3.05, 3.63) is 70.8 Å². The molecule has 0 aromatic heterocycles. The lowest BCUT2D eigenvalue weighted by molar-refractivity contribution is -0.0450. The maximum absolute atomic E-state index is 11.7. The van der Waals surface area contributed by atoms with E-state index >= 15 is 0 Å². The van der Waals surface area contributed by atoms with Crippen LogP contribution in [0.4, 0.5) is 9.59 Å². The van der Waals surface area contributed by atoms with E-state index in [2.05, 4.69) is 10.6 Å². The summed E-state index contributed by atoms with van der Waals surface area (Å²) in [6, 6.07) is 15.3. The summed E-state index contributed by atoms with van der Waals surface area (Å²) in [5.74, 6) is 0. The van der Waals surface area contributed by atoms with Gasteiger partial charge in [-0.3, -0.25) is 0 Å². The lowest BCUT2D eigenvalue weighted by atomic mass is 10.1. The summed E-state index contributed by atoms with van der Waals surface area (Å²) in [6.45, 7) is 3.62. The van der Waals surface area contributed by atoms with Gasteiger partial charge in [0.1, 0.15) is 25.4 Å². The third-order valence-corrected chi connectivity index (χ3v) is 4.33. The van der Waals surface area contributed by atoms with Gasteiger partial charge in [0, 0.05) is 13.1 Å². The molecule has 0 saturated carbocycles. The van der Waals surface area contributed by atoms with Crippen molar-refractivity contribution in [3.63, 3.8) is 0 Å². The first-order valence-corrected chi connectivity index (χ1v) is 9.62. The van der Waals surface area contributed by atoms with Crippen LogP contribution in [-0.2, 0) is 22.6 Å². The average Bonchev–Trinajstić information content (AvgIpc) is 2.74. The first kappa shape index (κ1) is 23.2. The van der Waals surface area contributed by atoms with Crippen LogP contribution in [0.25, 0.3) is 0 Å². The van der Waals surface area contributed by atoms with E-state index < -0.39 is 37.6 Å². The number of hydrogen-bond acceptors (Lipinski definition) is 6. The Morgan fingerprint density at radius 1 is 0.733 bits per heavy atom. The van der Waals surface area contributed by atoms with Crippen LogP contribution in [0.2, 0.25) is 0 Å². The Hall–Kier alpha value is -3.10. The highest BCUT2D eigenvalue weighted by Crippen LogP contribution is 2.04. The molecule has 162 valence electrons. The van der Waals surface area contributed by atoms with Gasteiger partial charge in [-0.1, -0.05) is 59.7 Å². The standard InChI is InChI=1S/C22H28N2O6/c1-15-3-7-17(8-4-15)11-23-21(27)29-13-19(25)20(26)14-30-22(28)24-12-18-9-5-16(2)6-10-18/h3-10,19-20,25-26H,11-14H2,1-2H3,(H,23,27)(H,24,28). The molecule has 2 aromatic carbocycles. The van der Waals surface area contributed by atoms with Crippen molar-refractivity contribution < 1.29 is 29.3 Å². The maximum Gasteiger partial charge on any atom is 0.407 e. The Morgan fingerprint density at radius 3 is 1.40 bits per heavy atom. The highest BCUT2D eigenvalue weighted by atomic mass is 16.6. The summed E-state index contributed by atoms with van der Waals surface area (Å²) in [4.78, 5) is 23.4. The van der Waals surface area contributed by atoms with Crippen molar-refractivity contribution in [2.75, 3.05) is 13.2 Å². The summed E-state index contributed by atoms with van der Waals surface area (Å²) in [5.41, 5.74) is 4.04. The largest absolute Gasteiger partial charge is 0.447 e. The van der Waals surface area contributed by atoms with Crippen LogP contribution in [0.5, 0.6) is 0 Å². The number of alkyl carbamates (subject to hydrolysis) is 2. The van der Waals surface area contributed by atoms with E-state index in [4.69, 9.17) is 9.47 Å². The fourth-order valence-electron chi connectivity index (χ4n) is 2.41. The zero-order valence-corrected chi connectivity index (χ0v) is 17.1. The topological polar surface area (TPSA) is 117 Å². The van der Waals surface area contributed by atoms with Gasteiger partial charge in [-0.2, -0.15) is 0 Å². The highest BCUT2D eigenvalue weighted by Gasteiger charge is 2.20. The SMILES string of the molecule is Cc1ccc(CNC(=O)OCC(O)C(O)COC(=O)NCc2ccc(C)cc2)cc1. The molecule has 2 atom stereocenters. The van der Waals surface area contributed by atoms with Gasteiger partial charge in [0.2, 0.25) is 0 Å². The molecule has 0 bridgehead atoms. The monoisotopic (exact) mass is 416 g/mol. The molecule has 0 saturated heterocycles. The van der Waals surface area contributed by atoms with E-state index in [0.717, 1.165) is 22.3 Å². The molecule has 2 rings (SSSR count). The fraction of sp³-hybridized carbons (Fsp3) is 0.364. The van der Waals surface area contributed by atoms with E-state index in [1.165, 1.54) is 0 Å². The maximum atomic E-state index is 11.7. The van der Waals surface area contributed by atoms with Gasteiger partial charge >= 0.3 is 12.2 Å². The van der Waals surface area contributed by atoms with Crippen molar-refractivity contribution >= 4 is 12.2 Å². The van der Waals surface area contributed by atoms with Gasteiger partial charge in [-0.15, -0.1) is 0 Å². The summed E-state index contributed by atoms with van der Waals surface area (Å²) < 4.78 is 9.75. The van der Waals surface area contributed by atoms with E-state index in [9.17, 15) is 19.8 Å². The molecule has 0 fully saturated rings. The second-order valence-corrected chi connectivity index (χ2v) is 7.01. The van der Waals surface area contributed by atoms with Crippen LogP contribution in [-0.4, -0.2) is 47.8 Å². The Labute approximate surface area is 175 Å². The van der Waals surface area contributed by atoms with E-state index in [1.54, 1.807) is 0 Å². The minimum absolute atomic E-state index is 0.280. The number of carbonyl (C=O) groups is 2. The number of rotatable bonds is 9. The second kappa shape index (κ2) is 11.8. The molecule has 0 aliphatic rings. The molecule has 8 nitrogen and oxygen atoms in total. The molecule has 30 heavy (non-hydrogen) atoms. The number of nitrogens with one attached hydrogen (secondary N) is 2. The summed E-state index contributed by atoms with van der Waals surface area (Å²) in [5, 5.41) is 24.8. The van der Waals surface area contributed by atoms with E-state index in [1.807, 2.05) is 62.4 Å².